The second-order valence-electron chi connectivity index (χ2n) is 2.74. The van der Waals surface area contributed by atoms with Gasteiger partial charge in [0.2, 0.25) is 0 Å². The van der Waals surface area contributed by atoms with Crippen LogP contribution in [0.1, 0.15) is 11.1 Å². The summed E-state index contributed by atoms with van der Waals surface area (Å²) < 4.78 is 5.07. The molecule has 0 aliphatic heterocycles. The molecule has 0 atom stereocenters. The molecule has 1 rings (SSSR count). The highest BCUT2D eigenvalue weighted by Gasteiger charge is 1.92. The van der Waals surface area contributed by atoms with Crippen molar-refractivity contribution < 1.29 is 4.74 Å². The Bertz CT molecular complexity index is 281. The lowest BCUT2D eigenvalue weighted by atomic mass is 10.1. The van der Waals surface area contributed by atoms with Crippen molar-refractivity contribution >= 4 is 0 Å². The topological polar surface area (TPSA) is 35.2 Å². The van der Waals surface area contributed by atoms with Crippen molar-refractivity contribution in [3.05, 3.63) is 47.9 Å². The largest absolute Gasteiger partial charge is 0.475 e. The Morgan fingerprint density at radius 2 is 2.33 bits per heavy atom. The van der Waals surface area contributed by atoms with Crippen molar-refractivity contribution in [2.24, 2.45) is 5.73 Å². The summed E-state index contributed by atoms with van der Waals surface area (Å²) in [6.07, 6.45) is 0. The molecular formula is C10H13NO. The fourth-order valence-electron chi connectivity index (χ4n) is 0.978. The minimum Gasteiger partial charge on any atom is -0.475 e. The van der Waals surface area contributed by atoms with Gasteiger partial charge >= 0.3 is 0 Å². The molecule has 2 heteroatoms. The molecule has 0 aliphatic carbocycles. The number of benzene rings is 1. The van der Waals surface area contributed by atoms with Crippen LogP contribution in [-0.4, -0.2) is 0 Å². The standard InChI is InChI=1S/C10H13NO/c1-8-4-3-5-10(6-8)7-12-9(2)11/h3-6H,2,7,11H2,1H3. The van der Waals surface area contributed by atoms with E-state index in [0.29, 0.717) is 6.61 Å². The fraction of sp³-hybridized carbons (Fsp3) is 0.200. The predicted molar refractivity (Wildman–Crippen MR) is 49.3 cm³/mol. The molecule has 0 aromatic heterocycles. The van der Waals surface area contributed by atoms with Crippen molar-refractivity contribution in [1.29, 1.82) is 0 Å². The predicted octanol–water partition coefficient (Wildman–Crippen LogP) is 1.94. The maximum atomic E-state index is 5.26. The van der Waals surface area contributed by atoms with Crippen LogP contribution in [0.2, 0.25) is 0 Å². The van der Waals surface area contributed by atoms with Crippen molar-refractivity contribution in [2.45, 2.75) is 13.5 Å². The lowest BCUT2D eigenvalue weighted by Gasteiger charge is -2.04. The second-order valence-corrected chi connectivity index (χ2v) is 2.74. The van der Waals surface area contributed by atoms with Gasteiger partial charge < -0.3 is 10.5 Å². The Kier molecular flexibility index (Phi) is 2.75. The highest BCUT2D eigenvalue weighted by molar-refractivity contribution is 5.21. The van der Waals surface area contributed by atoms with Crippen LogP contribution in [0.4, 0.5) is 0 Å². The van der Waals surface area contributed by atoms with Crippen LogP contribution in [0.25, 0.3) is 0 Å². The first-order chi connectivity index (χ1) is 5.68. The molecule has 0 saturated heterocycles. The van der Waals surface area contributed by atoms with Gasteiger partial charge in [-0.15, -0.1) is 0 Å². The molecule has 1 aromatic rings. The average Bonchev–Trinajstić information content (AvgIpc) is 2.01. The van der Waals surface area contributed by atoms with Gasteiger partial charge in [-0.25, -0.2) is 0 Å². The number of ether oxygens (including phenoxy) is 1. The highest BCUT2D eigenvalue weighted by atomic mass is 16.5. The van der Waals surface area contributed by atoms with Crippen molar-refractivity contribution in [1.82, 2.24) is 0 Å². The van der Waals surface area contributed by atoms with Gasteiger partial charge in [0.25, 0.3) is 0 Å². The van der Waals surface area contributed by atoms with E-state index < -0.39 is 0 Å². The number of rotatable bonds is 3. The van der Waals surface area contributed by atoms with Crippen LogP contribution in [0, 0.1) is 6.92 Å². The van der Waals surface area contributed by atoms with E-state index in [1.807, 2.05) is 25.1 Å². The third-order valence-electron chi connectivity index (χ3n) is 1.51. The first-order valence-electron chi connectivity index (χ1n) is 3.81. The van der Waals surface area contributed by atoms with E-state index in [4.69, 9.17) is 10.5 Å². The van der Waals surface area contributed by atoms with E-state index in [9.17, 15) is 0 Å². The van der Waals surface area contributed by atoms with Gasteiger partial charge in [-0.1, -0.05) is 29.8 Å². The third-order valence-corrected chi connectivity index (χ3v) is 1.51. The summed E-state index contributed by atoms with van der Waals surface area (Å²) in [6, 6.07) is 8.09. The van der Waals surface area contributed by atoms with Gasteiger partial charge in [0.15, 0.2) is 5.88 Å². The number of hydrogen-bond acceptors (Lipinski definition) is 2. The Morgan fingerprint density at radius 1 is 1.58 bits per heavy atom. The third kappa shape index (κ3) is 2.66. The summed E-state index contributed by atoms with van der Waals surface area (Å²) in [5.41, 5.74) is 7.60. The first kappa shape index (κ1) is 8.65. The van der Waals surface area contributed by atoms with Crippen LogP contribution < -0.4 is 5.73 Å². The van der Waals surface area contributed by atoms with E-state index >= 15 is 0 Å². The molecule has 0 bridgehead atoms. The zero-order valence-corrected chi connectivity index (χ0v) is 7.21. The summed E-state index contributed by atoms with van der Waals surface area (Å²) in [7, 11) is 0. The Hall–Kier alpha value is -1.44. The summed E-state index contributed by atoms with van der Waals surface area (Å²) in [6.45, 7) is 5.99. The minimum absolute atomic E-state index is 0.261. The van der Waals surface area contributed by atoms with Crippen LogP contribution in [0.15, 0.2) is 36.7 Å². The highest BCUT2D eigenvalue weighted by Crippen LogP contribution is 2.05. The normalized spacial score (nSPS) is 9.42. The van der Waals surface area contributed by atoms with E-state index in [2.05, 4.69) is 12.6 Å². The van der Waals surface area contributed by atoms with Crippen molar-refractivity contribution in [3.8, 4) is 0 Å². The summed E-state index contributed by atoms with van der Waals surface area (Å²) >= 11 is 0. The van der Waals surface area contributed by atoms with Gasteiger partial charge in [0.1, 0.15) is 6.61 Å². The van der Waals surface area contributed by atoms with E-state index in [-0.39, 0.29) is 5.88 Å². The smallest absolute Gasteiger partial charge is 0.176 e. The summed E-state index contributed by atoms with van der Waals surface area (Å²) in [5, 5.41) is 0. The van der Waals surface area contributed by atoms with E-state index in [1.54, 1.807) is 0 Å². The molecule has 0 saturated carbocycles. The molecule has 0 amide bonds. The van der Waals surface area contributed by atoms with Crippen LogP contribution >= 0.6 is 0 Å². The molecule has 2 N–H and O–H groups in total. The average molecular weight is 163 g/mol. The molecule has 1 aromatic carbocycles. The minimum atomic E-state index is 0.261. The van der Waals surface area contributed by atoms with Crippen molar-refractivity contribution in [3.63, 3.8) is 0 Å². The second kappa shape index (κ2) is 3.81. The van der Waals surface area contributed by atoms with Gasteiger partial charge in [-0.05, 0) is 19.1 Å². The fourth-order valence-corrected chi connectivity index (χ4v) is 0.978. The molecule has 0 aliphatic rings. The summed E-state index contributed by atoms with van der Waals surface area (Å²) in [5.74, 6) is 0.261. The lowest BCUT2D eigenvalue weighted by Crippen LogP contribution is -2.00. The molecule has 0 radical (unpaired) electrons. The van der Waals surface area contributed by atoms with Crippen LogP contribution in [0.3, 0.4) is 0 Å². The summed E-state index contributed by atoms with van der Waals surface area (Å²) in [4.78, 5) is 0. The number of hydrogen-bond donors (Lipinski definition) is 1. The monoisotopic (exact) mass is 163 g/mol. The SMILES string of the molecule is C=C(N)OCc1cccc(C)c1. The lowest BCUT2D eigenvalue weighted by molar-refractivity contribution is 0.197. The maximum Gasteiger partial charge on any atom is 0.176 e. The van der Waals surface area contributed by atoms with Crippen LogP contribution in [-0.2, 0) is 11.3 Å². The Labute approximate surface area is 72.7 Å². The molecule has 64 valence electrons. The van der Waals surface area contributed by atoms with Crippen molar-refractivity contribution in [2.75, 3.05) is 0 Å². The Balaban J connectivity index is 2.57. The first-order valence-corrected chi connectivity index (χ1v) is 3.81. The molecular weight excluding hydrogens is 150 g/mol. The van der Waals surface area contributed by atoms with Gasteiger partial charge in [-0.3, -0.25) is 0 Å². The van der Waals surface area contributed by atoms with Gasteiger partial charge in [-0.2, -0.15) is 0 Å². The zero-order chi connectivity index (χ0) is 8.97. The van der Waals surface area contributed by atoms with E-state index in [0.717, 1.165) is 5.56 Å². The van der Waals surface area contributed by atoms with E-state index in [1.165, 1.54) is 5.56 Å². The molecule has 12 heavy (non-hydrogen) atoms. The quantitative estimate of drug-likeness (QED) is 0.691. The molecule has 0 unspecified atom stereocenters. The Morgan fingerprint density at radius 3 is 2.92 bits per heavy atom. The zero-order valence-electron chi connectivity index (χ0n) is 7.21. The molecule has 0 heterocycles. The van der Waals surface area contributed by atoms with Gasteiger partial charge in [0.05, 0.1) is 0 Å². The molecule has 2 nitrogen and oxygen atoms in total. The number of nitrogens with two attached hydrogens (primary N) is 1. The maximum absolute atomic E-state index is 5.26. The molecule has 0 fully saturated rings. The van der Waals surface area contributed by atoms with Crippen LogP contribution in [0.5, 0.6) is 0 Å². The molecule has 0 spiro atoms. The number of aryl methyl sites for hydroxylation is 1. The van der Waals surface area contributed by atoms with Gasteiger partial charge in [0, 0.05) is 0 Å².